The Labute approximate surface area is 165 Å². The smallest absolute Gasteiger partial charge is 0.238 e. The number of sulfonamides is 1. The predicted octanol–water partition coefficient (Wildman–Crippen LogP) is 2.35. The molecule has 0 bridgehead atoms. The molecule has 156 valence electrons. The average Bonchev–Trinajstić information content (AvgIpc) is 3.15. The van der Waals surface area contributed by atoms with Gasteiger partial charge in [-0.2, -0.15) is 4.31 Å². The average molecular weight is 400 g/mol. The summed E-state index contributed by atoms with van der Waals surface area (Å²) in [6.07, 6.45) is 10.9. The lowest BCUT2D eigenvalue weighted by Crippen LogP contribution is -2.52. The van der Waals surface area contributed by atoms with E-state index in [2.05, 4.69) is 10.2 Å². The summed E-state index contributed by atoms with van der Waals surface area (Å²) >= 11 is 0. The fourth-order valence-electron chi connectivity index (χ4n) is 5.00. The zero-order valence-electron chi connectivity index (χ0n) is 16.9. The Morgan fingerprint density at radius 1 is 0.963 bits per heavy atom. The molecule has 2 heterocycles. The van der Waals surface area contributed by atoms with Crippen LogP contribution in [0.5, 0.6) is 0 Å². The summed E-state index contributed by atoms with van der Waals surface area (Å²) in [7, 11) is -3.31. The molecule has 7 heteroatoms. The van der Waals surface area contributed by atoms with Crippen molar-refractivity contribution in [2.24, 2.45) is 5.92 Å². The summed E-state index contributed by atoms with van der Waals surface area (Å²) in [4.78, 5) is 15.3. The third-order valence-corrected chi connectivity index (χ3v) is 8.58. The van der Waals surface area contributed by atoms with E-state index < -0.39 is 16.1 Å². The molecule has 1 N–H and O–H groups in total. The van der Waals surface area contributed by atoms with Crippen LogP contribution in [0.2, 0.25) is 0 Å². The summed E-state index contributed by atoms with van der Waals surface area (Å²) < 4.78 is 26.3. The van der Waals surface area contributed by atoms with Crippen molar-refractivity contribution < 1.29 is 13.2 Å². The lowest BCUT2D eigenvalue weighted by Gasteiger charge is -2.36. The van der Waals surface area contributed by atoms with Gasteiger partial charge in [0.1, 0.15) is 6.04 Å². The van der Waals surface area contributed by atoms with Crippen LogP contribution in [0.15, 0.2) is 0 Å². The van der Waals surface area contributed by atoms with Crippen LogP contribution in [0.3, 0.4) is 0 Å². The summed E-state index contributed by atoms with van der Waals surface area (Å²) in [6, 6.07) is -0.307. The second kappa shape index (κ2) is 9.70. The Hall–Kier alpha value is -0.660. The Morgan fingerprint density at radius 3 is 2.33 bits per heavy atom. The van der Waals surface area contributed by atoms with Gasteiger partial charge in [-0.05, 0) is 50.9 Å². The monoisotopic (exact) mass is 399 g/mol. The summed E-state index contributed by atoms with van der Waals surface area (Å²) in [6.45, 7) is 5.66. The van der Waals surface area contributed by atoms with Gasteiger partial charge in [0.25, 0.3) is 0 Å². The molecule has 3 aliphatic rings. The Morgan fingerprint density at radius 2 is 1.67 bits per heavy atom. The van der Waals surface area contributed by atoms with E-state index in [1.54, 1.807) is 0 Å². The molecule has 3 rings (SSSR count). The zero-order chi connectivity index (χ0) is 19.3. The largest absolute Gasteiger partial charge is 0.352 e. The van der Waals surface area contributed by atoms with Gasteiger partial charge in [-0.1, -0.05) is 26.2 Å². The molecule has 1 unspecified atom stereocenters. The first-order valence-electron chi connectivity index (χ1n) is 11.0. The molecule has 0 aromatic heterocycles. The second-order valence-electron chi connectivity index (χ2n) is 8.67. The van der Waals surface area contributed by atoms with Crippen molar-refractivity contribution in [2.75, 3.05) is 31.9 Å². The molecule has 2 aliphatic heterocycles. The van der Waals surface area contributed by atoms with E-state index in [4.69, 9.17) is 0 Å². The highest BCUT2D eigenvalue weighted by Crippen LogP contribution is 2.26. The molecule has 1 saturated carbocycles. The first-order valence-corrected chi connectivity index (χ1v) is 12.6. The van der Waals surface area contributed by atoms with Crippen LogP contribution in [-0.2, 0) is 14.8 Å². The van der Waals surface area contributed by atoms with Crippen LogP contribution in [0.4, 0.5) is 0 Å². The number of nitrogens with zero attached hydrogens (tertiary/aromatic N) is 2. The van der Waals surface area contributed by atoms with Crippen LogP contribution < -0.4 is 5.32 Å². The van der Waals surface area contributed by atoms with E-state index >= 15 is 0 Å². The number of likely N-dealkylation sites (tertiary alicyclic amines) is 1. The number of nitrogens with one attached hydrogen (secondary N) is 1. The quantitative estimate of drug-likeness (QED) is 0.713. The lowest BCUT2D eigenvalue weighted by molar-refractivity contribution is -0.125. The molecule has 0 aromatic rings. The van der Waals surface area contributed by atoms with Crippen LogP contribution in [-0.4, -0.2) is 67.5 Å². The number of hydrogen-bond acceptors (Lipinski definition) is 4. The van der Waals surface area contributed by atoms with Gasteiger partial charge < -0.3 is 10.2 Å². The molecule has 1 amide bonds. The fourth-order valence-corrected chi connectivity index (χ4v) is 6.75. The third kappa shape index (κ3) is 5.67. The molecular formula is C20H37N3O3S. The zero-order valence-corrected chi connectivity index (χ0v) is 17.7. The molecule has 27 heavy (non-hydrogen) atoms. The van der Waals surface area contributed by atoms with Gasteiger partial charge in [0.15, 0.2) is 0 Å². The second-order valence-corrected chi connectivity index (χ2v) is 10.7. The Balaban J connectivity index is 1.45. The van der Waals surface area contributed by atoms with E-state index in [1.165, 1.54) is 43.0 Å². The number of piperidine rings is 1. The number of carbonyl (C=O) groups is 1. The Bertz CT molecular complexity index is 581. The van der Waals surface area contributed by atoms with Crippen molar-refractivity contribution in [3.63, 3.8) is 0 Å². The molecule has 3 fully saturated rings. The topological polar surface area (TPSA) is 69.7 Å². The first-order chi connectivity index (χ1) is 13.0. The van der Waals surface area contributed by atoms with Crippen LogP contribution in [0, 0.1) is 5.92 Å². The maximum atomic E-state index is 12.7. The molecular weight excluding hydrogens is 362 g/mol. The van der Waals surface area contributed by atoms with E-state index in [1.807, 2.05) is 6.92 Å². The van der Waals surface area contributed by atoms with Gasteiger partial charge in [0.05, 0.1) is 5.75 Å². The number of hydrogen-bond donors (Lipinski definition) is 1. The summed E-state index contributed by atoms with van der Waals surface area (Å²) in [5, 5.41) is 3.16. The lowest BCUT2D eigenvalue weighted by atomic mass is 9.88. The summed E-state index contributed by atoms with van der Waals surface area (Å²) in [5.41, 5.74) is 0. The van der Waals surface area contributed by atoms with E-state index in [9.17, 15) is 13.2 Å². The van der Waals surface area contributed by atoms with Crippen molar-refractivity contribution in [1.82, 2.24) is 14.5 Å². The minimum absolute atomic E-state index is 0.0853. The third-order valence-electron chi connectivity index (χ3n) is 6.50. The maximum absolute atomic E-state index is 12.7. The van der Waals surface area contributed by atoms with Crippen molar-refractivity contribution >= 4 is 15.9 Å². The van der Waals surface area contributed by atoms with Crippen molar-refractivity contribution in [1.29, 1.82) is 0 Å². The van der Waals surface area contributed by atoms with Gasteiger partial charge in [-0.25, -0.2) is 8.42 Å². The van der Waals surface area contributed by atoms with Gasteiger partial charge >= 0.3 is 0 Å². The van der Waals surface area contributed by atoms with Gasteiger partial charge in [0.2, 0.25) is 15.9 Å². The highest BCUT2D eigenvalue weighted by Gasteiger charge is 2.38. The molecule has 2 saturated heterocycles. The highest BCUT2D eigenvalue weighted by molar-refractivity contribution is 7.89. The fraction of sp³-hybridized carbons (Fsp3) is 0.950. The van der Waals surface area contributed by atoms with Gasteiger partial charge in [-0.3, -0.25) is 4.79 Å². The maximum Gasteiger partial charge on any atom is 0.238 e. The van der Waals surface area contributed by atoms with E-state index in [0.29, 0.717) is 19.4 Å². The normalized spacial score (nSPS) is 27.1. The highest BCUT2D eigenvalue weighted by atomic mass is 32.2. The van der Waals surface area contributed by atoms with Crippen molar-refractivity contribution in [3.8, 4) is 0 Å². The summed E-state index contributed by atoms with van der Waals surface area (Å²) in [5.74, 6) is 0.912. The molecule has 6 nitrogen and oxygen atoms in total. The number of carbonyl (C=O) groups excluding carboxylic acids is 1. The SMILES string of the molecule is CCCS(=O)(=O)N1CCCC1C(=O)NC1CCN(CC2CCCCC2)CC1. The van der Waals surface area contributed by atoms with E-state index in [0.717, 1.165) is 38.3 Å². The van der Waals surface area contributed by atoms with Crippen molar-refractivity contribution in [2.45, 2.75) is 83.2 Å². The Kier molecular flexibility index (Phi) is 7.57. The molecule has 0 spiro atoms. The van der Waals surface area contributed by atoms with Crippen LogP contribution in [0.25, 0.3) is 0 Å². The van der Waals surface area contributed by atoms with Gasteiger partial charge in [0, 0.05) is 32.2 Å². The van der Waals surface area contributed by atoms with Crippen LogP contribution in [0.1, 0.15) is 71.1 Å². The number of amides is 1. The van der Waals surface area contributed by atoms with Crippen molar-refractivity contribution in [3.05, 3.63) is 0 Å². The molecule has 1 aliphatic carbocycles. The van der Waals surface area contributed by atoms with E-state index in [-0.39, 0.29) is 17.7 Å². The standard InChI is InChI=1S/C20H37N3O3S/c1-2-15-27(25,26)23-12-6-9-19(23)20(24)21-18-10-13-22(14-11-18)16-17-7-4-3-5-8-17/h17-19H,2-16H2,1H3,(H,21,24). The van der Waals surface area contributed by atoms with Gasteiger partial charge in [-0.15, -0.1) is 0 Å². The molecule has 0 radical (unpaired) electrons. The van der Waals surface area contributed by atoms with Crippen LogP contribution >= 0.6 is 0 Å². The molecule has 1 atom stereocenters. The molecule has 0 aromatic carbocycles. The minimum Gasteiger partial charge on any atom is -0.352 e. The minimum atomic E-state index is -3.31. The number of rotatable bonds is 7. The predicted molar refractivity (Wildman–Crippen MR) is 108 cm³/mol. The first kappa shape index (κ1) is 21.1.